The smallest absolute Gasteiger partial charge is 0.311 e. The van der Waals surface area contributed by atoms with Crippen LogP contribution in [0.15, 0.2) is 48.5 Å². The van der Waals surface area contributed by atoms with Crippen molar-refractivity contribution in [3.8, 4) is 5.75 Å². The lowest BCUT2D eigenvalue weighted by atomic mass is 9.95. The molecule has 1 fully saturated rings. The topological polar surface area (TPSA) is 108 Å². The average Bonchev–Trinajstić information content (AvgIpc) is 2.94. The van der Waals surface area contributed by atoms with Gasteiger partial charge in [-0.15, -0.1) is 11.8 Å². The number of rotatable bonds is 9. The van der Waals surface area contributed by atoms with Crippen LogP contribution in [0, 0.1) is 16.2 Å². The molecule has 8 nitrogen and oxygen atoms in total. The van der Waals surface area contributed by atoms with Gasteiger partial charge < -0.3 is 24.1 Å². The summed E-state index contributed by atoms with van der Waals surface area (Å²) >= 11 is 1.21. The van der Waals surface area contributed by atoms with E-state index in [9.17, 15) is 19.5 Å². The molecule has 0 aliphatic carbocycles. The molecule has 1 saturated heterocycles. The molecule has 0 radical (unpaired) electrons. The van der Waals surface area contributed by atoms with E-state index in [4.69, 9.17) is 18.9 Å². The predicted molar refractivity (Wildman–Crippen MR) is 176 cm³/mol. The Morgan fingerprint density at radius 1 is 0.733 bits per heavy atom. The van der Waals surface area contributed by atoms with Crippen molar-refractivity contribution < 1.29 is 38.4 Å². The van der Waals surface area contributed by atoms with E-state index >= 15 is 0 Å². The van der Waals surface area contributed by atoms with E-state index < -0.39 is 63.2 Å². The van der Waals surface area contributed by atoms with Crippen LogP contribution in [0.3, 0.4) is 0 Å². The summed E-state index contributed by atoms with van der Waals surface area (Å²) < 4.78 is 24.0. The molecule has 1 N–H and O–H groups in total. The average molecular weight is 643 g/mol. The van der Waals surface area contributed by atoms with Crippen LogP contribution in [0.2, 0.25) is 0 Å². The van der Waals surface area contributed by atoms with Crippen LogP contribution in [0.25, 0.3) is 0 Å². The Labute approximate surface area is 272 Å². The summed E-state index contributed by atoms with van der Waals surface area (Å²) in [7, 11) is 0. The zero-order valence-electron chi connectivity index (χ0n) is 28.3. The standard InChI is InChI=1S/C36H50O8S/c1-11-22-16-18-23(19-17-22)20-24-14-12-13-15-25(24)42-30-29(44-33(40)36(8,9)10)27(37)28(43-32(39)35(5,6)7)26(45-30)21-41-31(38)34(2,3)4/h12-19,26-30,37H,11,20-21H2,1-10H3/t26-,27+,28-,29-,30-/m1/s1. The van der Waals surface area contributed by atoms with Gasteiger partial charge in [0.1, 0.15) is 24.6 Å². The molecule has 5 atom stereocenters. The molecule has 0 saturated carbocycles. The fourth-order valence-corrected chi connectivity index (χ4v) is 5.77. The summed E-state index contributed by atoms with van der Waals surface area (Å²) in [6.45, 7) is 17.5. The third kappa shape index (κ3) is 9.97. The number of aliphatic hydroxyl groups is 1. The SMILES string of the molecule is CCc1ccc(Cc2ccccc2O[C@@H]2S[C@H](COC(=O)C(C)(C)C)[C@@H](OC(=O)C(C)(C)C)[C@H](O)[C@H]2OC(=O)C(C)(C)C)cc1. The third-order valence-electron chi connectivity index (χ3n) is 7.36. The Morgan fingerprint density at radius 2 is 1.24 bits per heavy atom. The third-order valence-corrected chi connectivity index (χ3v) is 8.75. The molecule has 1 aliphatic heterocycles. The maximum absolute atomic E-state index is 13.2. The number of thioether (sulfide) groups is 1. The van der Waals surface area contributed by atoms with Crippen molar-refractivity contribution in [2.45, 2.75) is 111 Å². The molecule has 1 aliphatic rings. The molecule has 0 unspecified atom stereocenters. The molecule has 1 heterocycles. The molecule has 0 bridgehead atoms. The van der Waals surface area contributed by atoms with E-state index in [2.05, 4.69) is 31.2 Å². The second-order valence-electron chi connectivity index (χ2n) is 14.7. The van der Waals surface area contributed by atoms with E-state index in [1.54, 1.807) is 62.3 Å². The Balaban J connectivity index is 2.00. The van der Waals surface area contributed by atoms with E-state index in [0.29, 0.717) is 12.2 Å². The Morgan fingerprint density at radius 3 is 1.78 bits per heavy atom. The molecule has 9 heteroatoms. The van der Waals surface area contributed by atoms with Gasteiger partial charge in [0.25, 0.3) is 0 Å². The van der Waals surface area contributed by atoms with Crippen molar-refractivity contribution in [1.29, 1.82) is 0 Å². The van der Waals surface area contributed by atoms with Crippen LogP contribution in [-0.4, -0.2) is 58.6 Å². The summed E-state index contributed by atoms with van der Waals surface area (Å²) in [5.74, 6) is -0.951. The number of hydrogen-bond acceptors (Lipinski definition) is 9. The second kappa shape index (κ2) is 14.6. The van der Waals surface area contributed by atoms with Crippen LogP contribution in [0.4, 0.5) is 0 Å². The Hall–Kier alpha value is -3.04. The highest BCUT2D eigenvalue weighted by Gasteiger charge is 2.52. The summed E-state index contributed by atoms with van der Waals surface area (Å²) in [5.41, 5.74) is -0.127. The number of hydrogen-bond donors (Lipinski definition) is 1. The minimum absolute atomic E-state index is 0.148. The van der Waals surface area contributed by atoms with Crippen molar-refractivity contribution in [1.82, 2.24) is 0 Å². The highest BCUT2D eigenvalue weighted by molar-refractivity contribution is 8.00. The summed E-state index contributed by atoms with van der Waals surface area (Å²) in [6.07, 6.45) is -2.23. The molecule has 0 spiro atoms. The Kier molecular flexibility index (Phi) is 11.8. The molecule has 2 aromatic carbocycles. The first kappa shape index (κ1) is 36.4. The van der Waals surface area contributed by atoms with Crippen LogP contribution in [0.1, 0.15) is 85.9 Å². The number of aryl methyl sites for hydroxylation is 1. The molecule has 2 aromatic rings. The van der Waals surface area contributed by atoms with Gasteiger partial charge in [-0.25, -0.2) is 0 Å². The minimum atomic E-state index is -1.46. The zero-order chi connectivity index (χ0) is 33.7. The van der Waals surface area contributed by atoms with Gasteiger partial charge in [-0.1, -0.05) is 49.4 Å². The van der Waals surface area contributed by atoms with Crippen LogP contribution in [-0.2, 0) is 41.4 Å². The van der Waals surface area contributed by atoms with Crippen molar-refractivity contribution in [3.05, 3.63) is 65.2 Å². The first-order chi connectivity index (χ1) is 20.8. The van der Waals surface area contributed by atoms with Crippen LogP contribution < -0.4 is 4.74 Å². The molecular weight excluding hydrogens is 592 g/mol. The van der Waals surface area contributed by atoms with Gasteiger partial charge in [0.05, 0.1) is 21.5 Å². The maximum atomic E-state index is 13.2. The van der Waals surface area contributed by atoms with E-state index in [-0.39, 0.29) is 6.61 Å². The first-order valence-corrected chi connectivity index (χ1v) is 16.5. The largest absolute Gasteiger partial charge is 0.475 e. The quantitative estimate of drug-likeness (QED) is 0.241. The summed E-state index contributed by atoms with van der Waals surface area (Å²) in [5, 5.41) is 11.1. The van der Waals surface area contributed by atoms with Crippen molar-refractivity contribution in [2.24, 2.45) is 16.2 Å². The zero-order valence-corrected chi connectivity index (χ0v) is 29.2. The van der Waals surface area contributed by atoms with Gasteiger partial charge >= 0.3 is 17.9 Å². The lowest BCUT2D eigenvalue weighted by Gasteiger charge is -2.44. The fourth-order valence-electron chi connectivity index (χ4n) is 4.37. The number of carbonyl (C=O) groups is 3. The lowest BCUT2D eigenvalue weighted by Crippen LogP contribution is -2.59. The van der Waals surface area contributed by atoms with Crippen molar-refractivity contribution in [2.75, 3.05) is 6.61 Å². The predicted octanol–water partition coefficient (Wildman–Crippen LogP) is 6.53. The second-order valence-corrected chi connectivity index (χ2v) is 16.0. The molecule has 3 rings (SSSR count). The van der Waals surface area contributed by atoms with Crippen molar-refractivity contribution >= 4 is 29.7 Å². The van der Waals surface area contributed by atoms with Gasteiger partial charge in [0, 0.05) is 6.42 Å². The van der Waals surface area contributed by atoms with Gasteiger partial charge in [0.2, 0.25) is 0 Å². The highest BCUT2D eigenvalue weighted by Crippen LogP contribution is 2.40. The minimum Gasteiger partial charge on any atom is -0.475 e. The van der Waals surface area contributed by atoms with Crippen molar-refractivity contribution in [3.63, 3.8) is 0 Å². The number of ether oxygens (including phenoxy) is 4. The fraction of sp³-hybridized carbons (Fsp3) is 0.583. The van der Waals surface area contributed by atoms with Gasteiger partial charge in [-0.3, -0.25) is 14.4 Å². The van der Waals surface area contributed by atoms with Crippen LogP contribution >= 0.6 is 11.8 Å². The monoisotopic (exact) mass is 642 g/mol. The first-order valence-electron chi connectivity index (χ1n) is 15.6. The Bertz CT molecular complexity index is 1310. The lowest BCUT2D eigenvalue weighted by molar-refractivity contribution is -0.187. The highest BCUT2D eigenvalue weighted by atomic mass is 32.2. The number of carbonyl (C=O) groups excluding carboxylic acids is 3. The van der Waals surface area contributed by atoms with E-state index in [1.165, 1.54) is 17.3 Å². The van der Waals surface area contributed by atoms with Gasteiger partial charge in [-0.05, 0) is 91.5 Å². The van der Waals surface area contributed by atoms with Crippen LogP contribution in [0.5, 0.6) is 5.75 Å². The van der Waals surface area contributed by atoms with E-state index in [1.807, 2.05) is 24.3 Å². The molecular formula is C36H50O8S. The van der Waals surface area contributed by atoms with Gasteiger partial charge in [-0.2, -0.15) is 0 Å². The molecule has 0 amide bonds. The number of esters is 3. The number of para-hydroxylation sites is 1. The number of aliphatic hydroxyl groups excluding tert-OH is 1. The molecule has 0 aromatic heterocycles. The summed E-state index contributed by atoms with van der Waals surface area (Å²) in [4.78, 5) is 38.9. The van der Waals surface area contributed by atoms with Gasteiger partial charge in [0.15, 0.2) is 11.5 Å². The van der Waals surface area contributed by atoms with E-state index in [0.717, 1.165) is 17.5 Å². The molecule has 45 heavy (non-hydrogen) atoms. The number of benzene rings is 2. The maximum Gasteiger partial charge on any atom is 0.311 e. The normalized spacial score (nSPS) is 22.3. The summed E-state index contributed by atoms with van der Waals surface area (Å²) in [6, 6.07) is 16.0. The molecule has 248 valence electrons.